The fraction of sp³-hybridized carbons (Fsp3) is 0.464. The molecule has 2 aliphatic carbocycles. The summed E-state index contributed by atoms with van der Waals surface area (Å²) in [6, 6.07) is 8.43. The molecule has 2 aliphatic rings. The molecule has 3 nitrogen and oxygen atoms in total. The van der Waals surface area contributed by atoms with Crippen molar-refractivity contribution in [3.8, 4) is 0 Å². The minimum absolute atomic E-state index is 0.0139. The quantitative estimate of drug-likeness (QED) is 0.560. The van der Waals surface area contributed by atoms with Gasteiger partial charge in [0, 0.05) is 24.6 Å². The third-order valence-electron chi connectivity index (χ3n) is 7.44. The van der Waals surface area contributed by atoms with Gasteiger partial charge < -0.3 is 0 Å². The minimum atomic E-state index is -0.642. The highest BCUT2D eigenvalue weighted by Crippen LogP contribution is 2.47. The van der Waals surface area contributed by atoms with Crippen molar-refractivity contribution < 1.29 is 9.59 Å². The van der Waals surface area contributed by atoms with Crippen LogP contribution in [0.4, 0.5) is 0 Å². The third-order valence-corrected chi connectivity index (χ3v) is 7.44. The second kappa shape index (κ2) is 7.55. The number of rotatable bonds is 3. The molecule has 0 spiro atoms. The van der Waals surface area contributed by atoms with E-state index in [9.17, 15) is 9.59 Å². The van der Waals surface area contributed by atoms with Crippen LogP contribution < -0.4 is 0 Å². The van der Waals surface area contributed by atoms with Gasteiger partial charge in [0.25, 0.3) is 0 Å². The molecule has 0 amide bonds. The zero-order chi connectivity index (χ0) is 22.6. The van der Waals surface area contributed by atoms with Crippen molar-refractivity contribution in [1.82, 2.24) is 4.98 Å². The van der Waals surface area contributed by atoms with Gasteiger partial charge in [-0.25, -0.2) is 0 Å². The lowest BCUT2D eigenvalue weighted by atomic mass is 9.62. The number of fused-ring (bicyclic) bond motifs is 1. The summed E-state index contributed by atoms with van der Waals surface area (Å²) in [7, 11) is 0. The van der Waals surface area contributed by atoms with Gasteiger partial charge in [-0.05, 0) is 77.0 Å². The Morgan fingerprint density at radius 2 is 1.55 bits per heavy atom. The van der Waals surface area contributed by atoms with Crippen molar-refractivity contribution in [2.45, 2.75) is 83.5 Å². The number of aromatic nitrogens is 1. The Hall–Kier alpha value is -2.55. The molecule has 31 heavy (non-hydrogen) atoms. The van der Waals surface area contributed by atoms with E-state index in [0.29, 0.717) is 24.8 Å². The Bertz CT molecular complexity index is 1060. The van der Waals surface area contributed by atoms with Gasteiger partial charge in [0.05, 0.1) is 5.69 Å². The molecule has 0 N–H and O–H groups in total. The van der Waals surface area contributed by atoms with E-state index < -0.39 is 5.92 Å². The van der Waals surface area contributed by atoms with Crippen LogP contribution in [0.25, 0.3) is 5.57 Å². The number of hydrogen-bond acceptors (Lipinski definition) is 3. The van der Waals surface area contributed by atoms with E-state index in [2.05, 4.69) is 58.3 Å². The van der Waals surface area contributed by atoms with Gasteiger partial charge in [-0.3, -0.25) is 14.6 Å². The van der Waals surface area contributed by atoms with Gasteiger partial charge in [-0.15, -0.1) is 0 Å². The fourth-order valence-corrected chi connectivity index (χ4v) is 5.22. The summed E-state index contributed by atoms with van der Waals surface area (Å²) in [4.78, 5) is 29.2. The Morgan fingerprint density at radius 3 is 2.10 bits per heavy atom. The molecule has 4 rings (SSSR count). The first-order valence-corrected chi connectivity index (χ1v) is 11.4. The lowest BCUT2D eigenvalue weighted by Crippen LogP contribution is -2.34. The summed E-state index contributed by atoms with van der Waals surface area (Å²) in [5.74, 6) is -0.614. The van der Waals surface area contributed by atoms with Crippen molar-refractivity contribution in [3.63, 3.8) is 0 Å². The maximum absolute atomic E-state index is 12.3. The second-order valence-corrected chi connectivity index (χ2v) is 10.7. The highest BCUT2D eigenvalue weighted by molar-refractivity contribution is 6.09. The van der Waals surface area contributed by atoms with Gasteiger partial charge in [-0.2, -0.15) is 0 Å². The molecular formula is C28H33NO2. The van der Waals surface area contributed by atoms with E-state index >= 15 is 0 Å². The number of nitrogens with zero attached hydrogens (tertiary/aromatic N) is 1. The SMILES string of the molecule is C=C(c1ccc(C2C(=O)CCCC2=O)cn1)c1cc2c(cc1C)C(C)(C)CCC2(C)C. The lowest BCUT2D eigenvalue weighted by Gasteiger charge is -2.42. The molecule has 1 aromatic heterocycles. The van der Waals surface area contributed by atoms with Crippen LogP contribution in [-0.4, -0.2) is 16.6 Å². The Labute approximate surface area is 186 Å². The lowest BCUT2D eigenvalue weighted by molar-refractivity contribution is -0.131. The summed E-state index contributed by atoms with van der Waals surface area (Å²) < 4.78 is 0. The summed E-state index contributed by atoms with van der Waals surface area (Å²) >= 11 is 0. The van der Waals surface area contributed by atoms with E-state index in [1.807, 2.05) is 12.1 Å². The average molecular weight is 416 g/mol. The maximum Gasteiger partial charge on any atom is 0.147 e. The molecule has 0 saturated heterocycles. The molecule has 3 heteroatoms. The summed E-state index contributed by atoms with van der Waals surface area (Å²) in [6.45, 7) is 15.8. The van der Waals surface area contributed by atoms with Gasteiger partial charge in [-0.1, -0.05) is 46.4 Å². The molecular weight excluding hydrogens is 382 g/mol. The number of Topliss-reactive ketones (excluding diaryl/α,β-unsaturated/α-hetero) is 2. The molecule has 0 bridgehead atoms. The first-order valence-electron chi connectivity index (χ1n) is 11.4. The number of ketones is 2. The first kappa shape index (κ1) is 21.7. The molecule has 1 fully saturated rings. The standard InChI is InChI=1S/C28H33NO2/c1-17-14-21-22(28(5,6)13-12-27(21,3)4)15-20(17)18(2)23-11-10-19(16-29-23)26-24(30)8-7-9-25(26)31/h10-11,14-16,26H,2,7-9,12-13H2,1,3-6H3. The minimum Gasteiger partial charge on any atom is -0.299 e. The number of hydrogen-bond donors (Lipinski definition) is 0. The molecule has 0 radical (unpaired) electrons. The molecule has 0 aliphatic heterocycles. The number of carbonyl (C=O) groups excluding carboxylic acids is 2. The van der Waals surface area contributed by atoms with Crippen LogP contribution in [0.2, 0.25) is 0 Å². The Morgan fingerprint density at radius 1 is 0.968 bits per heavy atom. The van der Waals surface area contributed by atoms with Crippen molar-refractivity contribution in [3.05, 3.63) is 70.6 Å². The van der Waals surface area contributed by atoms with Crippen molar-refractivity contribution >= 4 is 17.1 Å². The predicted octanol–water partition coefficient (Wildman–Crippen LogP) is 6.21. The highest BCUT2D eigenvalue weighted by Gasteiger charge is 2.37. The topological polar surface area (TPSA) is 47.0 Å². The Kier molecular flexibility index (Phi) is 5.28. The molecule has 2 aromatic rings. The number of pyridine rings is 1. The van der Waals surface area contributed by atoms with E-state index in [4.69, 9.17) is 0 Å². The van der Waals surface area contributed by atoms with E-state index in [-0.39, 0.29) is 22.4 Å². The van der Waals surface area contributed by atoms with Crippen LogP contribution in [0, 0.1) is 6.92 Å². The normalized spacial score (nSPS) is 20.4. The largest absolute Gasteiger partial charge is 0.299 e. The van der Waals surface area contributed by atoms with E-state index in [0.717, 1.165) is 16.8 Å². The number of benzene rings is 1. The monoisotopic (exact) mass is 415 g/mol. The van der Waals surface area contributed by atoms with Crippen molar-refractivity contribution in [2.24, 2.45) is 0 Å². The fourth-order valence-electron chi connectivity index (χ4n) is 5.22. The second-order valence-electron chi connectivity index (χ2n) is 10.7. The van der Waals surface area contributed by atoms with Crippen LogP contribution >= 0.6 is 0 Å². The van der Waals surface area contributed by atoms with Gasteiger partial charge in [0.2, 0.25) is 0 Å². The predicted molar refractivity (Wildman–Crippen MR) is 125 cm³/mol. The molecule has 1 saturated carbocycles. The molecule has 162 valence electrons. The smallest absolute Gasteiger partial charge is 0.147 e. The highest BCUT2D eigenvalue weighted by atomic mass is 16.2. The summed E-state index contributed by atoms with van der Waals surface area (Å²) in [6.07, 6.45) is 5.66. The van der Waals surface area contributed by atoms with Crippen molar-refractivity contribution in [2.75, 3.05) is 0 Å². The zero-order valence-corrected chi connectivity index (χ0v) is 19.5. The molecule has 0 atom stereocenters. The maximum atomic E-state index is 12.3. The van der Waals surface area contributed by atoms with E-state index in [1.54, 1.807) is 6.20 Å². The van der Waals surface area contributed by atoms with Gasteiger partial charge in [0.15, 0.2) is 0 Å². The Balaban J connectivity index is 1.69. The summed E-state index contributed by atoms with van der Waals surface area (Å²) in [5.41, 5.74) is 7.85. The van der Waals surface area contributed by atoms with Crippen LogP contribution in [0.1, 0.15) is 99.2 Å². The third kappa shape index (κ3) is 3.79. The van der Waals surface area contributed by atoms with E-state index in [1.165, 1.54) is 29.5 Å². The summed E-state index contributed by atoms with van der Waals surface area (Å²) in [5, 5.41) is 0. The number of carbonyl (C=O) groups is 2. The van der Waals surface area contributed by atoms with Crippen LogP contribution in [-0.2, 0) is 20.4 Å². The van der Waals surface area contributed by atoms with Gasteiger partial charge in [0.1, 0.15) is 17.5 Å². The van der Waals surface area contributed by atoms with Crippen LogP contribution in [0.15, 0.2) is 37.0 Å². The van der Waals surface area contributed by atoms with Gasteiger partial charge >= 0.3 is 0 Å². The van der Waals surface area contributed by atoms with Crippen molar-refractivity contribution in [1.29, 1.82) is 0 Å². The van der Waals surface area contributed by atoms with Crippen LogP contribution in [0.5, 0.6) is 0 Å². The molecule has 1 heterocycles. The molecule has 1 aromatic carbocycles. The average Bonchev–Trinajstić information content (AvgIpc) is 2.71. The number of aryl methyl sites for hydroxylation is 1. The zero-order valence-electron chi connectivity index (χ0n) is 19.5. The first-order chi connectivity index (χ1) is 14.5. The van der Waals surface area contributed by atoms with Crippen LogP contribution in [0.3, 0.4) is 0 Å². The molecule has 0 unspecified atom stereocenters.